The smallest absolute Gasteiger partial charge is 0.0388 e. The fourth-order valence-corrected chi connectivity index (χ4v) is 4.38. The van der Waals surface area contributed by atoms with Crippen molar-refractivity contribution in [3.8, 4) is 10.4 Å². The van der Waals surface area contributed by atoms with Gasteiger partial charge in [-0.3, -0.25) is 0 Å². The van der Waals surface area contributed by atoms with Gasteiger partial charge in [0.05, 0.1) is 0 Å². The second-order valence-corrected chi connectivity index (χ2v) is 6.50. The summed E-state index contributed by atoms with van der Waals surface area (Å²) >= 11 is 3.92. The van der Waals surface area contributed by atoms with Crippen molar-refractivity contribution in [2.24, 2.45) is 0 Å². The lowest BCUT2D eigenvalue weighted by Gasteiger charge is -2.10. The Balaban J connectivity index is 2.27. The summed E-state index contributed by atoms with van der Waals surface area (Å²) in [6.07, 6.45) is 2.49. The summed E-state index contributed by atoms with van der Waals surface area (Å²) in [5, 5.41) is 0. The fraction of sp³-hybridized carbons (Fsp3) is 0.333. The van der Waals surface area contributed by atoms with E-state index in [1.165, 1.54) is 33.0 Å². The third-order valence-electron chi connectivity index (χ3n) is 2.73. The molecule has 0 amide bonds. The van der Waals surface area contributed by atoms with Crippen LogP contribution >= 0.6 is 22.7 Å². The second-order valence-electron chi connectivity index (χ2n) is 3.91. The molecule has 0 aliphatic heterocycles. The van der Waals surface area contributed by atoms with E-state index in [1.54, 1.807) is 10.4 Å². The Morgan fingerprint density at radius 3 is 2.64 bits per heavy atom. The van der Waals surface area contributed by atoms with Crippen LogP contribution in [0.2, 0.25) is 0 Å². The Bertz CT molecular complexity index is 442. The monoisotopic (exact) mass is 220 g/mol. The Hall–Kier alpha value is -0.600. The maximum atomic E-state index is 2.36. The summed E-state index contributed by atoms with van der Waals surface area (Å²) in [5.74, 6) is 0. The molecule has 0 N–H and O–H groups in total. The van der Waals surface area contributed by atoms with E-state index in [0.717, 1.165) is 0 Å². The number of hydrogen-bond acceptors (Lipinski definition) is 2. The van der Waals surface area contributed by atoms with Crippen molar-refractivity contribution < 1.29 is 0 Å². The van der Waals surface area contributed by atoms with Crippen molar-refractivity contribution >= 4 is 22.7 Å². The highest BCUT2D eigenvalue weighted by molar-refractivity contribution is 7.17. The minimum atomic E-state index is 1.24. The molecule has 2 aromatic heterocycles. The average Bonchev–Trinajstić information content (AvgIpc) is 2.65. The van der Waals surface area contributed by atoms with Gasteiger partial charge in [0.25, 0.3) is 0 Å². The first-order valence-corrected chi connectivity index (χ1v) is 6.56. The van der Waals surface area contributed by atoms with Crippen LogP contribution in [0.3, 0.4) is 0 Å². The second kappa shape index (κ2) is 2.94. The third-order valence-corrected chi connectivity index (χ3v) is 4.97. The highest BCUT2D eigenvalue weighted by atomic mass is 32.1. The molecule has 0 nitrogen and oxygen atoms in total. The van der Waals surface area contributed by atoms with Crippen molar-refractivity contribution in [2.75, 3.05) is 0 Å². The van der Waals surface area contributed by atoms with Crippen LogP contribution in [-0.2, 0) is 12.8 Å². The minimum absolute atomic E-state index is 1.24. The normalized spacial score (nSPS) is 13.9. The first-order chi connectivity index (χ1) is 6.74. The average molecular weight is 220 g/mol. The van der Waals surface area contributed by atoms with Gasteiger partial charge in [0.2, 0.25) is 0 Å². The molecule has 0 radical (unpaired) electrons. The topological polar surface area (TPSA) is 0 Å². The summed E-state index contributed by atoms with van der Waals surface area (Å²) < 4.78 is 0. The molecule has 3 rings (SSSR count). The Labute approximate surface area is 92.2 Å². The highest BCUT2D eigenvalue weighted by Gasteiger charge is 2.20. The van der Waals surface area contributed by atoms with Crippen LogP contribution in [0.25, 0.3) is 10.4 Å². The zero-order valence-corrected chi connectivity index (χ0v) is 10.0. The molecule has 0 aromatic carbocycles. The van der Waals surface area contributed by atoms with E-state index in [-0.39, 0.29) is 0 Å². The molecule has 0 fully saturated rings. The van der Waals surface area contributed by atoms with Crippen LogP contribution in [0.4, 0.5) is 0 Å². The summed E-state index contributed by atoms with van der Waals surface area (Å²) in [6, 6.07) is 4.71. The van der Waals surface area contributed by atoms with Crippen molar-refractivity contribution in [2.45, 2.75) is 26.7 Å². The van der Waals surface area contributed by atoms with Crippen LogP contribution in [-0.4, -0.2) is 0 Å². The molecule has 14 heavy (non-hydrogen) atoms. The van der Waals surface area contributed by atoms with Crippen LogP contribution in [0.1, 0.15) is 20.2 Å². The van der Waals surface area contributed by atoms with E-state index in [1.807, 2.05) is 22.7 Å². The molecule has 0 unspecified atom stereocenters. The van der Waals surface area contributed by atoms with Gasteiger partial charge < -0.3 is 0 Å². The number of fused-ring (bicyclic) bond motifs is 3. The van der Waals surface area contributed by atoms with Gasteiger partial charge in [0.1, 0.15) is 0 Å². The molecule has 0 atom stereocenters. The van der Waals surface area contributed by atoms with E-state index in [4.69, 9.17) is 0 Å². The number of hydrogen-bond donors (Lipinski definition) is 0. The van der Waals surface area contributed by atoms with Crippen molar-refractivity contribution in [3.05, 3.63) is 32.3 Å². The predicted octanol–water partition coefficient (Wildman–Crippen LogP) is 4.19. The van der Waals surface area contributed by atoms with Gasteiger partial charge in [-0.1, -0.05) is 0 Å². The lowest BCUT2D eigenvalue weighted by molar-refractivity contribution is 0.971. The maximum absolute atomic E-state index is 2.36. The number of thiophene rings is 2. The molecule has 2 heteroatoms. The van der Waals surface area contributed by atoms with Crippen molar-refractivity contribution in [3.63, 3.8) is 0 Å². The Kier molecular flexibility index (Phi) is 1.83. The number of rotatable bonds is 0. The standard InChI is InChI=1S/C12H12S2/c1-7-5-9-3-4-11-10(12(9)14-7)6-8(2)13-11/h5-6H,3-4H2,1-2H3. The molecule has 0 saturated carbocycles. The summed E-state index contributed by atoms with van der Waals surface area (Å²) in [5.41, 5.74) is 3.09. The molecule has 1 aliphatic rings. The minimum Gasteiger partial charge on any atom is -0.145 e. The highest BCUT2D eigenvalue weighted by Crippen LogP contribution is 2.42. The van der Waals surface area contributed by atoms with Gasteiger partial charge in [0.15, 0.2) is 0 Å². The summed E-state index contributed by atoms with van der Waals surface area (Å²) in [6.45, 7) is 4.42. The molecule has 2 aromatic rings. The summed E-state index contributed by atoms with van der Waals surface area (Å²) in [4.78, 5) is 6.03. The predicted molar refractivity (Wildman–Crippen MR) is 64.5 cm³/mol. The SMILES string of the molecule is Cc1cc2c(s1)CCc1cc(C)sc1-2. The molecule has 0 bridgehead atoms. The molecule has 1 aliphatic carbocycles. The van der Waals surface area contributed by atoms with Crippen LogP contribution in [0.15, 0.2) is 12.1 Å². The van der Waals surface area contributed by atoms with Crippen LogP contribution in [0, 0.1) is 13.8 Å². The molecular weight excluding hydrogens is 208 g/mol. The van der Waals surface area contributed by atoms with Crippen LogP contribution < -0.4 is 0 Å². The van der Waals surface area contributed by atoms with Crippen molar-refractivity contribution in [1.82, 2.24) is 0 Å². The van der Waals surface area contributed by atoms with Gasteiger partial charge in [-0.05, 0) is 44.4 Å². The van der Waals surface area contributed by atoms with E-state index >= 15 is 0 Å². The molecular formula is C12H12S2. The van der Waals surface area contributed by atoms with Crippen LogP contribution in [0.5, 0.6) is 0 Å². The maximum Gasteiger partial charge on any atom is 0.0388 e. The zero-order chi connectivity index (χ0) is 9.71. The first kappa shape index (κ1) is 8.69. The third kappa shape index (κ3) is 1.17. The summed E-state index contributed by atoms with van der Waals surface area (Å²) in [7, 11) is 0. The van der Waals surface area contributed by atoms with E-state index in [2.05, 4.69) is 26.0 Å². The van der Waals surface area contributed by atoms with Gasteiger partial charge in [0, 0.05) is 25.1 Å². The fourth-order valence-electron chi connectivity index (χ4n) is 2.17. The first-order valence-electron chi connectivity index (χ1n) is 4.93. The quantitative estimate of drug-likeness (QED) is 0.624. The Morgan fingerprint density at radius 1 is 1.00 bits per heavy atom. The Morgan fingerprint density at radius 2 is 1.79 bits per heavy atom. The van der Waals surface area contributed by atoms with E-state index < -0.39 is 0 Å². The lowest BCUT2D eigenvalue weighted by Crippen LogP contribution is -1.96. The number of aryl methyl sites for hydroxylation is 4. The van der Waals surface area contributed by atoms with E-state index in [0.29, 0.717) is 0 Å². The van der Waals surface area contributed by atoms with Gasteiger partial charge >= 0.3 is 0 Å². The van der Waals surface area contributed by atoms with Gasteiger partial charge in [-0.25, -0.2) is 0 Å². The van der Waals surface area contributed by atoms with Gasteiger partial charge in [-0.2, -0.15) is 0 Å². The molecule has 0 saturated heterocycles. The van der Waals surface area contributed by atoms with E-state index in [9.17, 15) is 0 Å². The largest absolute Gasteiger partial charge is 0.145 e. The van der Waals surface area contributed by atoms with Gasteiger partial charge in [-0.15, -0.1) is 22.7 Å². The molecule has 72 valence electrons. The molecule has 0 spiro atoms. The zero-order valence-electron chi connectivity index (χ0n) is 8.39. The lowest BCUT2D eigenvalue weighted by atomic mass is 9.98. The van der Waals surface area contributed by atoms with Crippen molar-refractivity contribution in [1.29, 1.82) is 0 Å². The molecule has 2 heterocycles.